The highest BCUT2D eigenvalue weighted by molar-refractivity contribution is 5.75. The average molecular weight is 335 g/mol. The molecule has 1 unspecified atom stereocenters. The second-order valence-corrected chi connectivity index (χ2v) is 5.42. The lowest BCUT2D eigenvalue weighted by Crippen LogP contribution is -2.31. The van der Waals surface area contributed by atoms with Crippen LogP contribution in [0, 0.1) is 0 Å². The number of carbonyl (C=O) groups is 3. The first-order chi connectivity index (χ1) is 11.5. The van der Waals surface area contributed by atoms with E-state index in [0.29, 0.717) is 24.3 Å². The second-order valence-electron chi connectivity index (χ2n) is 5.42. The Morgan fingerprint density at radius 2 is 2.12 bits per heavy atom. The van der Waals surface area contributed by atoms with Gasteiger partial charge in [0.05, 0.1) is 13.7 Å². The normalized spacial score (nSPS) is 16.6. The molecule has 0 aromatic heterocycles. The number of methoxy groups -OCH3 is 1. The average Bonchev–Trinajstić information content (AvgIpc) is 2.74. The number of aldehydes is 1. The van der Waals surface area contributed by atoms with Crippen LogP contribution in [-0.2, 0) is 20.9 Å². The minimum Gasteiger partial charge on any atom is -0.493 e. The number of hydrogen-bond acceptors (Lipinski definition) is 6. The van der Waals surface area contributed by atoms with Gasteiger partial charge in [0.2, 0.25) is 0 Å². The third-order valence-electron chi connectivity index (χ3n) is 3.85. The number of ether oxygens (including phenoxy) is 3. The highest BCUT2D eigenvalue weighted by Gasteiger charge is 2.30. The summed E-state index contributed by atoms with van der Waals surface area (Å²) in [6.45, 7) is 3.95. The molecule has 0 bridgehead atoms. The minimum absolute atomic E-state index is 0.241. The molecule has 1 aliphatic rings. The number of benzene rings is 1. The van der Waals surface area contributed by atoms with E-state index in [2.05, 4.69) is 0 Å². The third-order valence-corrected chi connectivity index (χ3v) is 3.85. The quantitative estimate of drug-likeness (QED) is 0.477. The lowest BCUT2D eigenvalue weighted by molar-refractivity contribution is -0.132. The number of esters is 1. The second kappa shape index (κ2) is 7.81. The highest BCUT2D eigenvalue weighted by Crippen LogP contribution is 2.41. The van der Waals surface area contributed by atoms with Crippen molar-refractivity contribution in [1.82, 2.24) is 4.90 Å². The summed E-state index contributed by atoms with van der Waals surface area (Å²) in [5.41, 5.74) is 1.32. The van der Waals surface area contributed by atoms with Crippen LogP contribution < -0.4 is 9.47 Å². The van der Waals surface area contributed by atoms with E-state index in [4.69, 9.17) is 14.2 Å². The number of nitrogens with zero attached hydrogens (tertiary/aromatic N) is 1. The van der Waals surface area contributed by atoms with Crippen LogP contribution in [0.5, 0.6) is 11.5 Å². The van der Waals surface area contributed by atoms with Crippen molar-refractivity contribution in [3.05, 3.63) is 23.3 Å². The van der Waals surface area contributed by atoms with Gasteiger partial charge in [-0.3, -0.25) is 4.79 Å². The van der Waals surface area contributed by atoms with E-state index in [1.807, 2.05) is 0 Å². The molecule has 0 radical (unpaired) electrons. The van der Waals surface area contributed by atoms with Gasteiger partial charge >= 0.3 is 12.1 Å². The standard InChI is InChI=1S/C17H21NO6/c1-4-23-17(21)18-8-7-13(10-19)15-12(9-18)5-6-14(22-3)16(15)24-11(2)20/h5-6,10,13H,4,7-9H2,1-3H3. The maximum Gasteiger partial charge on any atom is 0.410 e. The van der Waals surface area contributed by atoms with E-state index in [9.17, 15) is 14.4 Å². The molecule has 0 saturated carbocycles. The van der Waals surface area contributed by atoms with Crippen LogP contribution >= 0.6 is 0 Å². The molecule has 130 valence electrons. The predicted octanol–water partition coefficient (Wildman–Crippen LogP) is 2.27. The lowest BCUT2D eigenvalue weighted by atomic mass is 9.92. The largest absolute Gasteiger partial charge is 0.493 e. The molecule has 2 rings (SSSR count). The van der Waals surface area contributed by atoms with Crippen molar-refractivity contribution in [3.8, 4) is 11.5 Å². The van der Waals surface area contributed by atoms with Crippen molar-refractivity contribution in [3.63, 3.8) is 0 Å². The number of hydrogen-bond donors (Lipinski definition) is 0. The topological polar surface area (TPSA) is 82.1 Å². The van der Waals surface area contributed by atoms with E-state index in [1.54, 1.807) is 19.1 Å². The summed E-state index contributed by atoms with van der Waals surface area (Å²) in [5, 5.41) is 0. The van der Waals surface area contributed by atoms with Gasteiger partial charge in [-0.05, 0) is 25.0 Å². The van der Waals surface area contributed by atoms with Gasteiger partial charge in [-0.1, -0.05) is 6.07 Å². The van der Waals surface area contributed by atoms with Crippen molar-refractivity contribution in [2.75, 3.05) is 20.3 Å². The zero-order valence-electron chi connectivity index (χ0n) is 14.0. The van der Waals surface area contributed by atoms with Gasteiger partial charge in [0.1, 0.15) is 6.29 Å². The Hall–Kier alpha value is -2.57. The van der Waals surface area contributed by atoms with Crippen LogP contribution in [0.1, 0.15) is 37.3 Å². The molecule has 7 nitrogen and oxygen atoms in total. The molecule has 1 aliphatic heterocycles. The van der Waals surface area contributed by atoms with Gasteiger partial charge in [0.15, 0.2) is 11.5 Å². The molecule has 1 atom stereocenters. The Balaban J connectivity index is 2.50. The fourth-order valence-electron chi connectivity index (χ4n) is 2.81. The van der Waals surface area contributed by atoms with E-state index < -0.39 is 18.0 Å². The smallest absolute Gasteiger partial charge is 0.410 e. The molecule has 0 spiro atoms. The van der Waals surface area contributed by atoms with Crippen LogP contribution in [0.3, 0.4) is 0 Å². The molecule has 1 heterocycles. The first-order valence-corrected chi connectivity index (χ1v) is 7.77. The summed E-state index contributed by atoms with van der Waals surface area (Å²) >= 11 is 0. The number of fused-ring (bicyclic) bond motifs is 1. The molecule has 1 amide bonds. The van der Waals surface area contributed by atoms with Gasteiger partial charge in [0.25, 0.3) is 0 Å². The fraction of sp³-hybridized carbons (Fsp3) is 0.471. The van der Waals surface area contributed by atoms with E-state index >= 15 is 0 Å². The number of rotatable bonds is 4. The maximum atomic E-state index is 12.0. The maximum absolute atomic E-state index is 12.0. The molecule has 1 aromatic rings. The SMILES string of the molecule is CCOC(=O)N1CCC(C=O)c2c(ccc(OC)c2OC(C)=O)C1. The Kier molecular flexibility index (Phi) is 5.78. The summed E-state index contributed by atoms with van der Waals surface area (Å²) in [6, 6.07) is 3.43. The van der Waals surface area contributed by atoms with Gasteiger partial charge in [-0.15, -0.1) is 0 Å². The molecule has 0 aliphatic carbocycles. The van der Waals surface area contributed by atoms with Crippen LogP contribution in [0.4, 0.5) is 4.79 Å². The first-order valence-electron chi connectivity index (χ1n) is 7.77. The molecule has 0 N–H and O–H groups in total. The van der Waals surface area contributed by atoms with Gasteiger partial charge in [0, 0.05) is 31.5 Å². The van der Waals surface area contributed by atoms with Crippen molar-refractivity contribution in [2.24, 2.45) is 0 Å². The minimum atomic E-state index is -0.502. The molecule has 24 heavy (non-hydrogen) atoms. The lowest BCUT2D eigenvalue weighted by Gasteiger charge is -2.20. The zero-order valence-corrected chi connectivity index (χ0v) is 14.0. The van der Waals surface area contributed by atoms with Crippen molar-refractivity contribution in [1.29, 1.82) is 0 Å². The molecular weight excluding hydrogens is 314 g/mol. The monoisotopic (exact) mass is 335 g/mol. The van der Waals surface area contributed by atoms with E-state index in [0.717, 1.165) is 11.8 Å². The molecule has 0 fully saturated rings. The Labute approximate surface area is 140 Å². The Morgan fingerprint density at radius 1 is 1.38 bits per heavy atom. The summed E-state index contributed by atoms with van der Waals surface area (Å²) < 4.78 is 15.6. The first kappa shape index (κ1) is 17.8. The van der Waals surface area contributed by atoms with Gasteiger partial charge in [-0.2, -0.15) is 0 Å². The van der Waals surface area contributed by atoms with Gasteiger partial charge in [-0.25, -0.2) is 4.79 Å². The van der Waals surface area contributed by atoms with Crippen molar-refractivity contribution < 1.29 is 28.6 Å². The highest BCUT2D eigenvalue weighted by atomic mass is 16.6. The Bertz CT molecular complexity index is 642. The Morgan fingerprint density at radius 3 is 2.71 bits per heavy atom. The van der Waals surface area contributed by atoms with Crippen LogP contribution in [-0.4, -0.2) is 43.5 Å². The molecule has 1 aromatic carbocycles. The summed E-state index contributed by atoms with van der Waals surface area (Å²) in [7, 11) is 1.46. The molecular formula is C17H21NO6. The van der Waals surface area contributed by atoms with Crippen molar-refractivity contribution >= 4 is 18.3 Å². The van der Waals surface area contributed by atoms with E-state index in [1.165, 1.54) is 18.9 Å². The fourth-order valence-corrected chi connectivity index (χ4v) is 2.81. The van der Waals surface area contributed by atoms with Crippen LogP contribution in [0.2, 0.25) is 0 Å². The third kappa shape index (κ3) is 3.67. The number of carbonyl (C=O) groups excluding carboxylic acids is 3. The predicted molar refractivity (Wildman–Crippen MR) is 85.2 cm³/mol. The van der Waals surface area contributed by atoms with Crippen molar-refractivity contribution in [2.45, 2.75) is 32.7 Å². The van der Waals surface area contributed by atoms with E-state index in [-0.39, 0.29) is 18.9 Å². The summed E-state index contributed by atoms with van der Waals surface area (Å²) in [4.78, 5) is 36.6. The van der Waals surface area contributed by atoms with Crippen LogP contribution in [0.15, 0.2) is 12.1 Å². The van der Waals surface area contributed by atoms with Gasteiger partial charge < -0.3 is 23.9 Å². The number of amides is 1. The molecule has 7 heteroatoms. The summed E-state index contributed by atoms with van der Waals surface area (Å²) in [6.07, 6.45) is 0.788. The zero-order chi connectivity index (χ0) is 17.7. The molecule has 0 saturated heterocycles. The van der Waals surface area contributed by atoms with Crippen LogP contribution in [0.25, 0.3) is 0 Å². The summed E-state index contributed by atoms with van der Waals surface area (Å²) in [5.74, 6) is -0.382.